The van der Waals surface area contributed by atoms with Gasteiger partial charge in [-0.2, -0.15) is 5.10 Å². The Morgan fingerprint density at radius 3 is 2.71 bits per heavy atom. The van der Waals surface area contributed by atoms with Crippen LogP contribution >= 0.6 is 15.9 Å². The topological polar surface area (TPSA) is 73.1 Å². The lowest BCUT2D eigenvalue weighted by atomic mass is 9.97. The standard InChI is InChI=1S/C22H25BrFN5O2/c1-22(2,3)31-21(30)28-8-6-14(7-9-28)12-29-13-15(10-26-29)18-11-25-17-5-4-16(23)19(24)20(17)27-18/h4-5,10-11,13-14H,6-9,12H2,1-3H3. The van der Waals surface area contributed by atoms with E-state index >= 15 is 0 Å². The van der Waals surface area contributed by atoms with E-state index in [9.17, 15) is 9.18 Å². The van der Waals surface area contributed by atoms with Crippen LogP contribution < -0.4 is 0 Å². The number of nitrogens with zero attached hydrogens (tertiary/aromatic N) is 5. The van der Waals surface area contributed by atoms with E-state index in [-0.39, 0.29) is 11.6 Å². The van der Waals surface area contributed by atoms with Crippen LogP contribution in [0.4, 0.5) is 9.18 Å². The van der Waals surface area contributed by atoms with E-state index in [0.29, 0.717) is 34.7 Å². The Morgan fingerprint density at radius 1 is 1.26 bits per heavy atom. The third-order valence-electron chi connectivity index (χ3n) is 5.25. The number of amides is 1. The molecule has 164 valence electrons. The number of halogens is 2. The van der Waals surface area contributed by atoms with Crippen molar-refractivity contribution in [1.82, 2.24) is 24.6 Å². The minimum Gasteiger partial charge on any atom is -0.444 e. The molecule has 1 fully saturated rings. The molecule has 0 bridgehead atoms. The molecule has 1 aliphatic rings. The Balaban J connectivity index is 1.40. The number of carbonyl (C=O) groups is 1. The Hall–Kier alpha value is -2.55. The largest absolute Gasteiger partial charge is 0.444 e. The Morgan fingerprint density at radius 2 is 2.00 bits per heavy atom. The first kappa shape index (κ1) is 21.7. The molecule has 1 aromatic carbocycles. The first-order valence-electron chi connectivity index (χ1n) is 10.3. The first-order chi connectivity index (χ1) is 14.7. The van der Waals surface area contributed by atoms with Gasteiger partial charge in [-0.05, 0) is 67.6 Å². The third kappa shape index (κ3) is 5.03. The van der Waals surface area contributed by atoms with Crippen LogP contribution in [-0.2, 0) is 11.3 Å². The molecular formula is C22H25BrFN5O2. The molecule has 4 rings (SSSR count). The molecule has 0 atom stereocenters. The summed E-state index contributed by atoms with van der Waals surface area (Å²) in [6.07, 6.45) is 6.80. The monoisotopic (exact) mass is 489 g/mol. The number of aromatic nitrogens is 4. The molecule has 31 heavy (non-hydrogen) atoms. The summed E-state index contributed by atoms with van der Waals surface area (Å²) in [5.74, 6) is -0.00138. The average Bonchev–Trinajstić information content (AvgIpc) is 3.18. The SMILES string of the molecule is CC(C)(C)OC(=O)N1CCC(Cn2cc(-c3cnc4ccc(Br)c(F)c4n3)cn2)CC1. The molecule has 0 saturated carbocycles. The molecule has 1 saturated heterocycles. The highest BCUT2D eigenvalue weighted by atomic mass is 79.9. The summed E-state index contributed by atoms with van der Waals surface area (Å²) in [7, 11) is 0. The van der Waals surface area contributed by atoms with Gasteiger partial charge in [0.15, 0.2) is 5.82 Å². The van der Waals surface area contributed by atoms with Gasteiger partial charge in [0.2, 0.25) is 0 Å². The highest BCUT2D eigenvalue weighted by Gasteiger charge is 2.27. The number of carbonyl (C=O) groups excluding carboxylic acids is 1. The van der Waals surface area contributed by atoms with E-state index in [1.54, 1.807) is 29.4 Å². The summed E-state index contributed by atoms with van der Waals surface area (Å²) in [6.45, 7) is 7.74. The zero-order chi connectivity index (χ0) is 22.2. The fourth-order valence-corrected chi connectivity index (χ4v) is 3.96. The lowest BCUT2D eigenvalue weighted by Gasteiger charge is -2.33. The second-order valence-corrected chi connectivity index (χ2v) is 9.70. The van der Waals surface area contributed by atoms with Gasteiger partial charge in [-0.1, -0.05) is 0 Å². The number of fused-ring (bicyclic) bond motifs is 1. The third-order valence-corrected chi connectivity index (χ3v) is 5.86. The molecule has 9 heteroatoms. The van der Waals surface area contributed by atoms with Crippen LogP contribution in [0.5, 0.6) is 0 Å². The summed E-state index contributed by atoms with van der Waals surface area (Å²) in [5.41, 5.74) is 1.63. The minimum atomic E-state index is -0.482. The van der Waals surface area contributed by atoms with E-state index in [0.717, 1.165) is 24.9 Å². The maximum Gasteiger partial charge on any atom is 0.410 e. The summed E-state index contributed by atoms with van der Waals surface area (Å²) in [4.78, 5) is 22.8. The van der Waals surface area contributed by atoms with Gasteiger partial charge in [0.1, 0.15) is 11.1 Å². The normalized spacial score (nSPS) is 15.5. The molecule has 0 N–H and O–H groups in total. The van der Waals surface area contributed by atoms with Crippen LogP contribution in [0, 0.1) is 11.7 Å². The van der Waals surface area contributed by atoms with Crippen LogP contribution in [0.25, 0.3) is 22.3 Å². The fourth-order valence-electron chi connectivity index (χ4n) is 3.64. The molecule has 0 radical (unpaired) electrons. The van der Waals surface area contributed by atoms with Gasteiger partial charge in [0.05, 0.1) is 28.1 Å². The molecule has 7 nitrogen and oxygen atoms in total. The number of benzene rings is 1. The van der Waals surface area contributed by atoms with Crippen LogP contribution in [0.2, 0.25) is 0 Å². The summed E-state index contributed by atoms with van der Waals surface area (Å²) in [6, 6.07) is 3.35. The quantitative estimate of drug-likeness (QED) is 0.514. The lowest BCUT2D eigenvalue weighted by molar-refractivity contribution is 0.0177. The van der Waals surface area contributed by atoms with Crippen molar-refractivity contribution in [1.29, 1.82) is 0 Å². The molecule has 0 unspecified atom stereocenters. The van der Waals surface area contributed by atoms with Crippen LogP contribution in [0.3, 0.4) is 0 Å². The Bertz CT molecular complexity index is 1100. The van der Waals surface area contributed by atoms with Crippen molar-refractivity contribution in [2.24, 2.45) is 5.92 Å². The predicted molar refractivity (Wildman–Crippen MR) is 119 cm³/mol. The molecule has 0 spiro atoms. The minimum absolute atomic E-state index is 0.231. The maximum absolute atomic E-state index is 14.4. The lowest BCUT2D eigenvalue weighted by Crippen LogP contribution is -2.42. The van der Waals surface area contributed by atoms with Crippen molar-refractivity contribution in [3.63, 3.8) is 0 Å². The van der Waals surface area contributed by atoms with E-state index in [1.165, 1.54) is 0 Å². The average molecular weight is 490 g/mol. The van der Waals surface area contributed by atoms with E-state index in [1.807, 2.05) is 31.6 Å². The van der Waals surface area contributed by atoms with E-state index in [2.05, 4.69) is 31.0 Å². The maximum atomic E-state index is 14.4. The fraction of sp³-hybridized carbons (Fsp3) is 0.455. The summed E-state index contributed by atoms with van der Waals surface area (Å²) < 4.78 is 22.1. The van der Waals surface area contributed by atoms with Gasteiger partial charge >= 0.3 is 6.09 Å². The van der Waals surface area contributed by atoms with Crippen molar-refractivity contribution in [2.75, 3.05) is 13.1 Å². The molecule has 3 aromatic rings. The van der Waals surface area contributed by atoms with Gasteiger partial charge in [-0.25, -0.2) is 14.2 Å². The number of ether oxygens (including phenoxy) is 1. The van der Waals surface area contributed by atoms with Gasteiger partial charge in [0.25, 0.3) is 0 Å². The van der Waals surface area contributed by atoms with Gasteiger partial charge < -0.3 is 9.64 Å². The second-order valence-electron chi connectivity index (χ2n) is 8.85. The Labute approximate surface area is 188 Å². The molecular weight excluding hydrogens is 465 g/mol. The van der Waals surface area contributed by atoms with Crippen molar-refractivity contribution in [3.05, 3.63) is 41.0 Å². The highest BCUT2D eigenvalue weighted by Crippen LogP contribution is 2.26. The molecule has 3 heterocycles. The number of hydrogen-bond acceptors (Lipinski definition) is 5. The number of piperidine rings is 1. The van der Waals surface area contributed by atoms with Gasteiger partial charge in [-0.15, -0.1) is 0 Å². The second kappa shape index (κ2) is 8.53. The summed E-state index contributed by atoms with van der Waals surface area (Å²) in [5, 5.41) is 4.45. The van der Waals surface area contributed by atoms with Crippen molar-refractivity contribution < 1.29 is 13.9 Å². The van der Waals surface area contributed by atoms with Crippen LogP contribution in [0.15, 0.2) is 35.2 Å². The first-order valence-corrected chi connectivity index (χ1v) is 11.1. The molecule has 2 aromatic heterocycles. The summed E-state index contributed by atoms with van der Waals surface area (Å²) >= 11 is 3.19. The van der Waals surface area contributed by atoms with Gasteiger partial charge in [-0.3, -0.25) is 9.67 Å². The van der Waals surface area contributed by atoms with Crippen molar-refractivity contribution >= 4 is 33.1 Å². The number of hydrogen-bond donors (Lipinski definition) is 0. The highest BCUT2D eigenvalue weighted by molar-refractivity contribution is 9.10. The van der Waals surface area contributed by atoms with Gasteiger partial charge in [0, 0.05) is 31.4 Å². The Kier molecular flexibility index (Phi) is 5.96. The zero-order valence-corrected chi connectivity index (χ0v) is 19.4. The zero-order valence-electron chi connectivity index (χ0n) is 17.8. The van der Waals surface area contributed by atoms with Crippen LogP contribution in [0.1, 0.15) is 33.6 Å². The smallest absolute Gasteiger partial charge is 0.410 e. The number of rotatable bonds is 3. The van der Waals surface area contributed by atoms with E-state index < -0.39 is 11.4 Å². The predicted octanol–water partition coefficient (Wildman–Crippen LogP) is 5.04. The number of likely N-dealkylation sites (tertiary alicyclic amines) is 1. The van der Waals surface area contributed by atoms with Crippen molar-refractivity contribution in [3.8, 4) is 11.3 Å². The van der Waals surface area contributed by atoms with Crippen molar-refractivity contribution in [2.45, 2.75) is 45.8 Å². The van der Waals surface area contributed by atoms with Crippen LogP contribution in [-0.4, -0.2) is 49.4 Å². The van der Waals surface area contributed by atoms with E-state index in [4.69, 9.17) is 4.74 Å². The molecule has 1 amide bonds. The molecule has 0 aliphatic carbocycles. The molecule has 1 aliphatic heterocycles.